The molecule has 6 heteroatoms. The first-order valence-electron chi connectivity index (χ1n) is 10.1. The van der Waals surface area contributed by atoms with Crippen molar-refractivity contribution in [3.05, 3.63) is 66.0 Å². The number of amides is 1. The van der Waals surface area contributed by atoms with Crippen LogP contribution in [0.3, 0.4) is 0 Å². The van der Waals surface area contributed by atoms with E-state index in [0.29, 0.717) is 17.5 Å². The molecule has 1 aromatic carbocycles. The van der Waals surface area contributed by atoms with Crippen LogP contribution in [0.5, 0.6) is 0 Å². The van der Waals surface area contributed by atoms with E-state index < -0.39 is 0 Å². The van der Waals surface area contributed by atoms with Crippen LogP contribution < -0.4 is 5.32 Å². The normalized spacial score (nSPS) is 17.4. The topological polar surface area (TPSA) is 59.3 Å². The van der Waals surface area contributed by atoms with Gasteiger partial charge in [0.1, 0.15) is 0 Å². The Hall–Kier alpha value is -2.66. The van der Waals surface area contributed by atoms with E-state index in [1.807, 2.05) is 43.3 Å². The Kier molecular flexibility index (Phi) is 5.95. The van der Waals surface area contributed by atoms with Crippen molar-refractivity contribution >= 4 is 29.1 Å². The lowest BCUT2D eigenvalue weighted by atomic mass is 10.2. The Labute approximate surface area is 176 Å². The van der Waals surface area contributed by atoms with Crippen LogP contribution in [0.1, 0.15) is 62.3 Å². The van der Waals surface area contributed by atoms with Crippen molar-refractivity contribution in [2.24, 2.45) is 4.51 Å². The van der Waals surface area contributed by atoms with Gasteiger partial charge in [-0.25, -0.2) is 4.68 Å². The van der Waals surface area contributed by atoms with Crippen LogP contribution in [0, 0.1) is 0 Å². The third kappa shape index (κ3) is 5.04. The molecule has 1 amide bonds. The van der Waals surface area contributed by atoms with E-state index in [1.165, 1.54) is 37.1 Å². The molecule has 150 valence electrons. The third-order valence-electron chi connectivity index (χ3n) is 5.19. The molecule has 29 heavy (non-hydrogen) atoms. The zero-order valence-electron chi connectivity index (χ0n) is 16.5. The van der Waals surface area contributed by atoms with E-state index >= 15 is 0 Å². The molecule has 0 saturated heterocycles. The monoisotopic (exact) mass is 408 g/mol. The smallest absolute Gasteiger partial charge is 0.230 e. The molecule has 0 atom stereocenters. The molecule has 1 aromatic heterocycles. The maximum absolute atomic E-state index is 12.3. The Morgan fingerprint density at radius 2 is 1.93 bits per heavy atom. The quantitative estimate of drug-likeness (QED) is 0.451. The second-order valence-corrected chi connectivity index (χ2v) is 7.86. The van der Waals surface area contributed by atoms with E-state index in [4.69, 9.17) is 16.9 Å². The second kappa shape index (κ2) is 8.78. The molecular formula is C23H25ClN4O. The highest BCUT2D eigenvalue weighted by molar-refractivity contribution is 6.24. The molecule has 0 spiro atoms. The number of benzene rings is 1. The molecule has 2 aliphatic carbocycles. The van der Waals surface area contributed by atoms with Crippen molar-refractivity contribution in [3.8, 4) is 5.69 Å². The molecule has 0 bridgehead atoms. The number of halogens is 1. The number of nitrogens with zero attached hydrogens (tertiary/aromatic N) is 3. The summed E-state index contributed by atoms with van der Waals surface area (Å²) in [7, 11) is 0. The fourth-order valence-electron chi connectivity index (χ4n) is 3.32. The van der Waals surface area contributed by atoms with E-state index in [-0.39, 0.29) is 12.3 Å². The first kappa shape index (κ1) is 19.6. The summed E-state index contributed by atoms with van der Waals surface area (Å²) in [6, 6.07) is 10.1. The van der Waals surface area contributed by atoms with Gasteiger partial charge < -0.3 is 5.32 Å². The predicted molar refractivity (Wildman–Crippen MR) is 118 cm³/mol. The molecule has 1 N–H and O–H groups in total. The zero-order valence-corrected chi connectivity index (χ0v) is 17.3. The van der Waals surface area contributed by atoms with Crippen molar-refractivity contribution in [1.82, 2.24) is 9.78 Å². The highest BCUT2D eigenvalue weighted by Gasteiger charge is 2.32. The Morgan fingerprint density at radius 1 is 1.21 bits per heavy atom. The molecule has 0 radical (unpaired) electrons. The van der Waals surface area contributed by atoms with Gasteiger partial charge >= 0.3 is 0 Å². The van der Waals surface area contributed by atoms with Gasteiger partial charge in [0, 0.05) is 35.0 Å². The molecular weight excluding hydrogens is 384 g/mol. The average Bonchev–Trinajstić information content (AvgIpc) is 3.66. The van der Waals surface area contributed by atoms with Gasteiger partial charge in [-0.15, -0.1) is 0 Å². The van der Waals surface area contributed by atoms with Gasteiger partial charge in [-0.1, -0.05) is 18.2 Å². The van der Waals surface area contributed by atoms with Gasteiger partial charge in [0.05, 0.1) is 23.5 Å². The van der Waals surface area contributed by atoms with Gasteiger partial charge in [-0.3, -0.25) is 4.79 Å². The number of allylic oxidation sites excluding steroid dienone is 4. The maximum atomic E-state index is 12.3. The number of carbonyl (C=O) groups excluding carboxylic acids is 1. The number of hydrogen-bond donors (Lipinski definition) is 1. The largest absolute Gasteiger partial charge is 0.326 e. The van der Waals surface area contributed by atoms with Crippen LogP contribution in [-0.2, 0) is 4.79 Å². The fraction of sp³-hybridized carbons (Fsp3) is 0.348. The summed E-state index contributed by atoms with van der Waals surface area (Å²) in [4.78, 5) is 12.3. The van der Waals surface area contributed by atoms with Crippen molar-refractivity contribution in [1.29, 1.82) is 0 Å². The third-order valence-corrected chi connectivity index (χ3v) is 5.40. The molecule has 0 unspecified atom stereocenters. The van der Waals surface area contributed by atoms with Gasteiger partial charge in [0.25, 0.3) is 0 Å². The number of hydrogen-bond acceptors (Lipinski definition) is 3. The lowest BCUT2D eigenvalue weighted by Gasteiger charge is -2.09. The van der Waals surface area contributed by atoms with Crippen LogP contribution in [-0.4, -0.2) is 21.4 Å². The molecule has 1 heterocycles. The molecule has 0 aliphatic heterocycles. The minimum Gasteiger partial charge on any atom is -0.326 e. The molecule has 2 aliphatic rings. The molecule has 2 aromatic rings. The standard InChI is InChI=1S/C23H25ClN4O/c1-2-3-4-5-19(26-24)14-23(29)25-18-10-12-20(13-11-18)28-22(17-8-9-17)15-21(27-28)16-6-7-16/h2-5,10-13,15-17H,6-9,14H2,1H3,(H,25,29)/b3-2-,5-4-,26-19?. The highest BCUT2D eigenvalue weighted by atomic mass is 35.5. The van der Waals surface area contributed by atoms with Crippen molar-refractivity contribution in [3.63, 3.8) is 0 Å². The molecule has 2 fully saturated rings. The summed E-state index contributed by atoms with van der Waals surface area (Å²) in [6.45, 7) is 1.92. The Bertz CT molecular complexity index is 963. The predicted octanol–water partition coefficient (Wildman–Crippen LogP) is 5.68. The molecule has 5 nitrogen and oxygen atoms in total. The van der Waals surface area contributed by atoms with Crippen LogP contribution in [0.2, 0.25) is 0 Å². The summed E-state index contributed by atoms with van der Waals surface area (Å²) in [6.07, 6.45) is 12.4. The lowest BCUT2D eigenvalue weighted by Crippen LogP contribution is -2.15. The van der Waals surface area contributed by atoms with Crippen LogP contribution in [0.15, 0.2) is 59.1 Å². The van der Waals surface area contributed by atoms with Crippen molar-refractivity contribution < 1.29 is 4.79 Å². The van der Waals surface area contributed by atoms with E-state index in [0.717, 1.165) is 11.4 Å². The summed E-state index contributed by atoms with van der Waals surface area (Å²) in [5.74, 6) is 1.13. The second-order valence-electron chi connectivity index (χ2n) is 7.69. The lowest BCUT2D eigenvalue weighted by molar-refractivity contribution is -0.115. The van der Waals surface area contributed by atoms with E-state index in [1.54, 1.807) is 12.2 Å². The van der Waals surface area contributed by atoms with Crippen LogP contribution >= 0.6 is 11.8 Å². The molecule has 4 rings (SSSR count). The van der Waals surface area contributed by atoms with Gasteiger partial charge in [0.15, 0.2) is 0 Å². The van der Waals surface area contributed by atoms with Crippen molar-refractivity contribution in [2.45, 2.75) is 50.9 Å². The van der Waals surface area contributed by atoms with Crippen LogP contribution in [0.25, 0.3) is 5.69 Å². The Morgan fingerprint density at radius 3 is 2.55 bits per heavy atom. The highest BCUT2D eigenvalue weighted by Crippen LogP contribution is 2.45. The minimum atomic E-state index is -0.156. The number of anilines is 1. The zero-order chi connectivity index (χ0) is 20.2. The minimum absolute atomic E-state index is 0.120. The number of nitrogens with one attached hydrogen (secondary N) is 1. The number of rotatable bonds is 8. The fourth-order valence-corrected chi connectivity index (χ4v) is 3.44. The average molecular weight is 409 g/mol. The summed E-state index contributed by atoms with van der Waals surface area (Å²) >= 11 is 5.58. The van der Waals surface area contributed by atoms with Gasteiger partial charge in [-0.05, 0) is 69.0 Å². The number of carbonyl (C=O) groups is 1. The SMILES string of the molecule is C/C=C\C=C/C(CC(=O)Nc1ccc(-n2nc(C3CC3)cc2C2CC2)cc1)=NCl. The first-order chi connectivity index (χ1) is 14.2. The first-order valence-corrected chi connectivity index (χ1v) is 10.5. The number of aromatic nitrogens is 2. The maximum Gasteiger partial charge on any atom is 0.230 e. The summed E-state index contributed by atoms with van der Waals surface area (Å²) < 4.78 is 5.73. The van der Waals surface area contributed by atoms with E-state index in [2.05, 4.69) is 20.6 Å². The molecule has 2 saturated carbocycles. The Balaban J connectivity index is 1.42. The van der Waals surface area contributed by atoms with Gasteiger partial charge in [-0.2, -0.15) is 9.61 Å². The summed E-state index contributed by atoms with van der Waals surface area (Å²) in [5.41, 5.74) is 4.83. The van der Waals surface area contributed by atoms with Crippen LogP contribution in [0.4, 0.5) is 5.69 Å². The van der Waals surface area contributed by atoms with E-state index in [9.17, 15) is 4.79 Å². The summed E-state index contributed by atoms with van der Waals surface area (Å²) in [5, 5.41) is 7.77. The van der Waals surface area contributed by atoms with Crippen molar-refractivity contribution in [2.75, 3.05) is 5.32 Å². The van der Waals surface area contributed by atoms with Gasteiger partial charge in [0.2, 0.25) is 5.91 Å².